The van der Waals surface area contributed by atoms with Crippen LogP contribution in [-0.4, -0.2) is 33.6 Å². The van der Waals surface area contributed by atoms with Crippen LogP contribution in [0.15, 0.2) is 12.4 Å². The summed E-state index contributed by atoms with van der Waals surface area (Å²) < 4.78 is 0. The van der Waals surface area contributed by atoms with E-state index in [0.717, 1.165) is 31.4 Å². The van der Waals surface area contributed by atoms with Crippen LogP contribution in [0.4, 0.5) is 0 Å². The van der Waals surface area contributed by atoms with Gasteiger partial charge in [0.1, 0.15) is 0 Å². The lowest BCUT2D eigenvalue weighted by molar-refractivity contribution is -0.139. The summed E-state index contributed by atoms with van der Waals surface area (Å²) in [6.45, 7) is 4.62. The van der Waals surface area contributed by atoms with Gasteiger partial charge in [0.25, 0.3) is 0 Å². The van der Waals surface area contributed by atoms with Gasteiger partial charge in [-0.2, -0.15) is 5.10 Å². The van der Waals surface area contributed by atoms with E-state index in [0.29, 0.717) is 0 Å². The van der Waals surface area contributed by atoms with Crippen molar-refractivity contribution in [2.45, 2.75) is 45.2 Å². The van der Waals surface area contributed by atoms with Crippen LogP contribution in [0, 0.1) is 5.92 Å². The molecule has 0 radical (unpaired) electrons. The van der Waals surface area contributed by atoms with Crippen molar-refractivity contribution >= 4 is 30.7 Å². The standard InChI is InChI=1S/C13H22N4O.2ClH/c1-9(10(2)14)13(18)17-6-4-3-5-12(17)11-7-15-16-8-11;;/h7-10,12H,3-6,14H2,1-2H3,(H,15,16);2*1H. The third kappa shape index (κ3) is 4.11. The van der Waals surface area contributed by atoms with Crippen LogP contribution in [-0.2, 0) is 4.79 Å². The summed E-state index contributed by atoms with van der Waals surface area (Å²) in [7, 11) is 0. The fraction of sp³-hybridized carbons (Fsp3) is 0.692. The molecule has 0 saturated carbocycles. The van der Waals surface area contributed by atoms with Crippen LogP contribution >= 0.6 is 24.8 Å². The smallest absolute Gasteiger partial charge is 0.227 e. The molecule has 1 fully saturated rings. The molecule has 0 aromatic carbocycles. The Balaban J connectivity index is 0.00000180. The number of likely N-dealkylation sites (tertiary alicyclic amines) is 1. The number of nitrogens with zero attached hydrogens (tertiary/aromatic N) is 2. The van der Waals surface area contributed by atoms with Gasteiger partial charge >= 0.3 is 0 Å². The van der Waals surface area contributed by atoms with Gasteiger partial charge in [-0.3, -0.25) is 9.89 Å². The maximum Gasteiger partial charge on any atom is 0.227 e. The number of hydrogen-bond acceptors (Lipinski definition) is 3. The van der Waals surface area contributed by atoms with Crippen molar-refractivity contribution in [3.63, 3.8) is 0 Å². The lowest BCUT2D eigenvalue weighted by atomic mass is 9.94. The molecule has 0 bridgehead atoms. The van der Waals surface area contributed by atoms with Gasteiger partial charge in [0.15, 0.2) is 0 Å². The maximum atomic E-state index is 12.5. The fourth-order valence-electron chi connectivity index (χ4n) is 2.47. The van der Waals surface area contributed by atoms with E-state index >= 15 is 0 Å². The van der Waals surface area contributed by atoms with Crippen LogP contribution in [0.2, 0.25) is 0 Å². The Bertz CT molecular complexity index is 397. The molecule has 3 N–H and O–H groups in total. The van der Waals surface area contributed by atoms with E-state index in [4.69, 9.17) is 5.73 Å². The number of halogens is 2. The van der Waals surface area contributed by atoms with E-state index in [1.165, 1.54) is 0 Å². The third-order valence-electron chi connectivity index (χ3n) is 3.87. The molecule has 2 rings (SSSR count). The summed E-state index contributed by atoms with van der Waals surface area (Å²) in [5, 5.41) is 6.81. The second kappa shape index (κ2) is 8.49. The molecule has 1 aromatic heterocycles. The van der Waals surface area contributed by atoms with Gasteiger partial charge in [-0.1, -0.05) is 6.92 Å². The molecule has 0 aliphatic carbocycles. The van der Waals surface area contributed by atoms with Crippen LogP contribution in [0.3, 0.4) is 0 Å². The quantitative estimate of drug-likeness (QED) is 0.896. The fourth-order valence-corrected chi connectivity index (χ4v) is 2.47. The monoisotopic (exact) mass is 322 g/mol. The topological polar surface area (TPSA) is 75.0 Å². The molecule has 116 valence electrons. The van der Waals surface area contributed by atoms with E-state index in [2.05, 4.69) is 10.2 Å². The van der Waals surface area contributed by atoms with E-state index in [9.17, 15) is 4.79 Å². The molecule has 5 nitrogen and oxygen atoms in total. The highest BCUT2D eigenvalue weighted by Crippen LogP contribution is 2.31. The van der Waals surface area contributed by atoms with Gasteiger partial charge in [0.05, 0.1) is 18.2 Å². The summed E-state index contributed by atoms with van der Waals surface area (Å²) in [5.74, 6) is 0.0356. The average Bonchev–Trinajstić information content (AvgIpc) is 2.90. The Hall–Kier alpha value is -0.780. The van der Waals surface area contributed by atoms with Gasteiger partial charge in [-0.05, 0) is 26.2 Å². The Labute approximate surface area is 132 Å². The Morgan fingerprint density at radius 1 is 1.45 bits per heavy atom. The lowest BCUT2D eigenvalue weighted by Crippen LogP contribution is -2.45. The summed E-state index contributed by atoms with van der Waals surface area (Å²) in [5.41, 5.74) is 6.94. The second-order valence-electron chi connectivity index (χ2n) is 5.22. The molecular formula is C13H24Cl2N4O. The minimum atomic E-state index is -0.127. The van der Waals surface area contributed by atoms with Gasteiger partial charge in [0.2, 0.25) is 5.91 Å². The molecule has 2 heterocycles. The average molecular weight is 323 g/mol. The Morgan fingerprint density at radius 3 is 2.70 bits per heavy atom. The lowest BCUT2D eigenvalue weighted by Gasteiger charge is -2.37. The molecule has 7 heteroatoms. The van der Waals surface area contributed by atoms with Crippen molar-refractivity contribution in [1.82, 2.24) is 15.1 Å². The van der Waals surface area contributed by atoms with Crippen molar-refractivity contribution in [3.05, 3.63) is 18.0 Å². The van der Waals surface area contributed by atoms with Crippen LogP contribution in [0.5, 0.6) is 0 Å². The van der Waals surface area contributed by atoms with Gasteiger partial charge in [0, 0.05) is 24.3 Å². The zero-order valence-electron chi connectivity index (χ0n) is 11.9. The van der Waals surface area contributed by atoms with Crippen molar-refractivity contribution < 1.29 is 4.79 Å². The highest BCUT2D eigenvalue weighted by molar-refractivity contribution is 5.85. The summed E-state index contributed by atoms with van der Waals surface area (Å²) in [6.07, 6.45) is 6.94. The number of nitrogens with one attached hydrogen (secondary N) is 1. The molecule has 0 spiro atoms. The van der Waals surface area contributed by atoms with Crippen molar-refractivity contribution in [2.24, 2.45) is 11.7 Å². The van der Waals surface area contributed by atoms with Gasteiger partial charge < -0.3 is 10.6 Å². The van der Waals surface area contributed by atoms with Gasteiger partial charge in [-0.25, -0.2) is 0 Å². The molecule has 1 amide bonds. The first-order valence-electron chi connectivity index (χ1n) is 6.66. The summed E-state index contributed by atoms with van der Waals surface area (Å²) >= 11 is 0. The van der Waals surface area contributed by atoms with E-state index < -0.39 is 0 Å². The van der Waals surface area contributed by atoms with E-state index in [1.807, 2.05) is 31.1 Å². The number of aromatic nitrogens is 2. The van der Waals surface area contributed by atoms with Crippen LogP contribution in [0.1, 0.15) is 44.7 Å². The Morgan fingerprint density at radius 2 is 2.15 bits per heavy atom. The number of aromatic amines is 1. The first kappa shape index (κ1) is 19.2. The molecule has 20 heavy (non-hydrogen) atoms. The molecule has 3 atom stereocenters. The number of carbonyl (C=O) groups is 1. The van der Waals surface area contributed by atoms with Crippen LogP contribution < -0.4 is 5.73 Å². The summed E-state index contributed by atoms with van der Waals surface area (Å²) in [6, 6.07) is 0.0515. The number of piperidine rings is 1. The van der Waals surface area contributed by atoms with Crippen molar-refractivity contribution in [3.8, 4) is 0 Å². The number of rotatable bonds is 3. The van der Waals surface area contributed by atoms with Crippen molar-refractivity contribution in [2.75, 3.05) is 6.54 Å². The molecule has 1 aliphatic rings. The number of hydrogen-bond donors (Lipinski definition) is 2. The predicted octanol–water partition coefficient (Wildman–Crippen LogP) is 2.29. The van der Waals surface area contributed by atoms with Crippen molar-refractivity contribution in [1.29, 1.82) is 0 Å². The minimum absolute atomic E-state index is 0. The largest absolute Gasteiger partial charge is 0.335 e. The number of H-pyrrole nitrogens is 1. The van der Waals surface area contributed by atoms with E-state index in [1.54, 1.807) is 0 Å². The van der Waals surface area contributed by atoms with Crippen LogP contribution in [0.25, 0.3) is 0 Å². The predicted molar refractivity (Wildman–Crippen MR) is 84.2 cm³/mol. The molecule has 1 aromatic rings. The first-order chi connectivity index (χ1) is 8.61. The first-order valence-corrected chi connectivity index (χ1v) is 6.66. The Kier molecular flexibility index (Phi) is 8.16. The maximum absolute atomic E-state index is 12.5. The number of amides is 1. The zero-order valence-corrected chi connectivity index (χ0v) is 13.5. The molecule has 1 aliphatic heterocycles. The number of carbonyl (C=O) groups excluding carboxylic acids is 1. The molecule has 1 saturated heterocycles. The van der Waals surface area contributed by atoms with Gasteiger partial charge in [-0.15, -0.1) is 24.8 Å². The SMILES string of the molecule is CC(N)C(C)C(=O)N1CCCCC1c1cn[nH]c1.Cl.Cl. The zero-order chi connectivity index (χ0) is 13.1. The van der Waals surface area contributed by atoms with E-state index in [-0.39, 0.29) is 48.7 Å². The third-order valence-corrected chi connectivity index (χ3v) is 3.87. The second-order valence-corrected chi connectivity index (χ2v) is 5.22. The number of nitrogens with two attached hydrogens (primary N) is 1. The highest BCUT2D eigenvalue weighted by atomic mass is 35.5. The highest BCUT2D eigenvalue weighted by Gasteiger charge is 2.32. The molecular weight excluding hydrogens is 299 g/mol. The summed E-state index contributed by atoms with van der Waals surface area (Å²) in [4.78, 5) is 14.4. The normalized spacial score (nSPS) is 21.4. The molecule has 3 unspecified atom stereocenters. The minimum Gasteiger partial charge on any atom is -0.335 e.